The van der Waals surface area contributed by atoms with Crippen LogP contribution in [0.25, 0.3) is 22.3 Å². The van der Waals surface area contributed by atoms with E-state index >= 15 is 0 Å². The minimum Gasteiger partial charge on any atom is -0.0620 e. The Morgan fingerprint density at radius 2 is 0.543 bits per heavy atom. The largest absolute Gasteiger partial charge is 0.0719 e. The second-order valence-electron chi connectivity index (χ2n) is 13.5. The SMILES string of the molecule is c1ccc2c(c1)Cc1ccccc1C21c2ccccc2-c2cc3c(cc21)-c1ccccc1C31c2ccccc2Cc2ccccc21. The summed E-state index contributed by atoms with van der Waals surface area (Å²) in [5.74, 6) is 0. The van der Waals surface area contributed by atoms with Gasteiger partial charge in [0.1, 0.15) is 0 Å². The van der Waals surface area contributed by atoms with Crippen molar-refractivity contribution in [2.24, 2.45) is 0 Å². The van der Waals surface area contributed by atoms with Crippen LogP contribution in [0.5, 0.6) is 0 Å². The maximum Gasteiger partial charge on any atom is 0.0719 e. The average Bonchev–Trinajstić information content (AvgIpc) is 3.56. The van der Waals surface area contributed by atoms with Crippen molar-refractivity contribution in [3.8, 4) is 22.3 Å². The van der Waals surface area contributed by atoms with Gasteiger partial charge in [0, 0.05) is 0 Å². The maximum absolute atomic E-state index is 2.61. The quantitative estimate of drug-likeness (QED) is 0.167. The van der Waals surface area contributed by atoms with Crippen LogP contribution < -0.4 is 0 Å². The summed E-state index contributed by atoms with van der Waals surface area (Å²) in [7, 11) is 0. The van der Waals surface area contributed by atoms with E-state index in [1.54, 1.807) is 0 Å². The second kappa shape index (κ2) is 8.62. The average molecular weight is 583 g/mol. The molecule has 0 saturated carbocycles. The summed E-state index contributed by atoms with van der Waals surface area (Å²) in [4.78, 5) is 0. The molecule has 0 nitrogen and oxygen atoms in total. The molecule has 0 unspecified atom stereocenters. The van der Waals surface area contributed by atoms with Crippen molar-refractivity contribution in [2.75, 3.05) is 0 Å². The van der Waals surface area contributed by atoms with Crippen LogP contribution in [0, 0.1) is 0 Å². The fraction of sp³-hybridized carbons (Fsp3) is 0.0870. The van der Waals surface area contributed by atoms with Crippen molar-refractivity contribution >= 4 is 0 Å². The highest BCUT2D eigenvalue weighted by Gasteiger charge is 2.54. The summed E-state index contributed by atoms with van der Waals surface area (Å²) in [6.45, 7) is 0. The van der Waals surface area contributed by atoms with E-state index in [1.807, 2.05) is 0 Å². The standard InChI is InChI=1S/C46H30/c1-7-19-37-29(13-1)25-30-14-2-8-20-38(30)45(37)41-23-11-5-17-33(41)35-28-44-36(27-43(35)45)34-18-6-12-24-42(34)46(44)39-21-9-3-15-31(39)26-32-16-4-10-22-40(32)46/h1-24,27-28H,25-26H2. The van der Waals surface area contributed by atoms with E-state index in [2.05, 4.69) is 158 Å². The molecule has 0 N–H and O–H groups in total. The van der Waals surface area contributed by atoms with Gasteiger partial charge in [-0.1, -0.05) is 146 Å². The molecule has 0 aromatic heterocycles. The van der Waals surface area contributed by atoms with Gasteiger partial charge in [-0.2, -0.15) is 0 Å². The van der Waals surface area contributed by atoms with Crippen LogP contribution in [-0.2, 0) is 23.7 Å². The minimum atomic E-state index is -0.362. The molecule has 11 rings (SSSR count). The van der Waals surface area contributed by atoms with E-state index in [0.717, 1.165) is 12.8 Å². The van der Waals surface area contributed by atoms with Crippen molar-refractivity contribution in [1.29, 1.82) is 0 Å². The number of fused-ring (bicyclic) bond motifs is 18. The van der Waals surface area contributed by atoms with Crippen molar-refractivity contribution < 1.29 is 0 Å². The van der Waals surface area contributed by atoms with Gasteiger partial charge < -0.3 is 0 Å². The maximum atomic E-state index is 2.61. The van der Waals surface area contributed by atoms with Crippen LogP contribution in [0.2, 0.25) is 0 Å². The van der Waals surface area contributed by atoms with E-state index < -0.39 is 0 Å². The zero-order valence-corrected chi connectivity index (χ0v) is 25.4. The van der Waals surface area contributed by atoms with Gasteiger partial charge in [-0.3, -0.25) is 0 Å². The Labute approximate surface area is 269 Å². The van der Waals surface area contributed by atoms with Crippen LogP contribution in [0.15, 0.2) is 158 Å². The first-order valence-corrected chi connectivity index (χ1v) is 16.5. The Morgan fingerprint density at radius 3 is 0.891 bits per heavy atom. The molecule has 0 radical (unpaired) electrons. The second-order valence-corrected chi connectivity index (χ2v) is 13.5. The monoisotopic (exact) mass is 582 g/mol. The molecular weight excluding hydrogens is 553 g/mol. The predicted molar refractivity (Wildman–Crippen MR) is 187 cm³/mol. The fourth-order valence-corrected chi connectivity index (χ4v) is 10.1. The Kier molecular flexibility index (Phi) is 4.65. The molecule has 0 aliphatic heterocycles. The zero-order chi connectivity index (χ0) is 30.0. The Balaban J connectivity index is 1.33. The summed E-state index contributed by atoms with van der Waals surface area (Å²) in [6.07, 6.45) is 1.94. The van der Waals surface area contributed by atoms with Gasteiger partial charge >= 0.3 is 0 Å². The highest BCUT2D eigenvalue weighted by atomic mass is 14.6. The molecule has 0 bridgehead atoms. The highest BCUT2D eigenvalue weighted by molar-refractivity contribution is 5.95. The molecular formula is C46H30. The highest BCUT2D eigenvalue weighted by Crippen LogP contribution is 2.65. The number of rotatable bonds is 0. The summed E-state index contributed by atoms with van der Waals surface area (Å²) in [5, 5.41) is 0. The van der Waals surface area contributed by atoms with E-state index in [0.29, 0.717) is 0 Å². The van der Waals surface area contributed by atoms with E-state index in [9.17, 15) is 0 Å². The lowest BCUT2D eigenvalue weighted by molar-refractivity contribution is 0.714. The molecule has 46 heavy (non-hydrogen) atoms. The van der Waals surface area contributed by atoms with Gasteiger partial charge in [-0.15, -0.1) is 0 Å². The molecule has 4 aliphatic carbocycles. The first kappa shape index (κ1) is 24.8. The van der Waals surface area contributed by atoms with Gasteiger partial charge in [0.25, 0.3) is 0 Å². The molecule has 7 aromatic carbocycles. The van der Waals surface area contributed by atoms with E-state index in [1.165, 1.54) is 89.0 Å². The first-order chi connectivity index (χ1) is 22.8. The fourth-order valence-electron chi connectivity index (χ4n) is 10.1. The summed E-state index contributed by atoms with van der Waals surface area (Å²) < 4.78 is 0. The molecule has 2 spiro atoms. The minimum absolute atomic E-state index is 0.362. The third kappa shape index (κ3) is 2.75. The van der Waals surface area contributed by atoms with Crippen LogP contribution >= 0.6 is 0 Å². The Morgan fingerprint density at radius 1 is 0.261 bits per heavy atom. The molecule has 0 amide bonds. The summed E-state index contributed by atoms with van der Waals surface area (Å²) in [6, 6.07) is 60.5. The smallest absolute Gasteiger partial charge is 0.0620 e. The molecule has 7 aromatic rings. The third-order valence-corrected chi connectivity index (χ3v) is 11.7. The lowest BCUT2D eigenvalue weighted by Crippen LogP contribution is -2.35. The number of hydrogen-bond donors (Lipinski definition) is 0. The van der Waals surface area contributed by atoms with E-state index in [-0.39, 0.29) is 10.8 Å². The molecule has 0 heterocycles. The molecule has 214 valence electrons. The number of hydrogen-bond acceptors (Lipinski definition) is 0. The first-order valence-electron chi connectivity index (χ1n) is 16.5. The Bertz CT molecular complexity index is 2180. The molecule has 4 aliphatic rings. The van der Waals surface area contributed by atoms with Crippen molar-refractivity contribution in [2.45, 2.75) is 23.7 Å². The lowest BCUT2D eigenvalue weighted by Gasteiger charge is -2.41. The van der Waals surface area contributed by atoms with Gasteiger partial charge in [0.2, 0.25) is 0 Å². The van der Waals surface area contributed by atoms with Gasteiger partial charge in [0.05, 0.1) is 10.8 Å². The molecule has 0 fully saturated rings. The van der Waals surface area contributed by atoms with Crippen LogP contribution in [0.4, 0.5) is 0 Å². The normalized spacial score (nSPS) is 16.0. The van der Waals surface area contributed by atoms with Gasteiger partial charge in [-0.25, -0.2) is 0 Å². The molecule has 0 atom stereocenters. The van der Waals surface area contributed by atoms with Crippen LogP contribution in [0.3, 0.4) is 0 Å². The zero-order valence-electron chi connectivity index (χ0n) is 25.4. The Hall–Kier alpha value is -5.46. The van der Waals surface area contributed by atoms with Crippen molar-refractivity contribution in [3.63, 3.8) is 0 Å². The molecule has 0 heteroatoms. The lowest BCUT2D eigenvalue weighted by atomic mass is 9.60. The van der Waals surface area contributed by atoms with Gasteiger partial charge in [0.15, 0.2) is 0 Å². The van der Waals surface area contributed by atoms with Crippen molar-refractivity contribution in [1.82, 2.24) is 0 Å². The number of benzene rings is 7. The van der Waals surface area contributed by atoms with E-state index in [4.69, 9.17) is 0 Å². The van der Waals surface area contributed by atoms with Crippen LogP contribution in [0.1, 0.15) is 66.8 Å². The topological polar surface area (TPSA) is 0 Å². The summed E-state index contributed by atoms with van der Waals surface area (Å²) in [5.41, 5.74) is 21.8. The van der Waals surface area contributed by atoms with Crippen LogP contribution in [-0.4, -0.2) is 0 Å². The predicted octanol–water partition coefficient (Wildman–Crippen LogP) is 10.2. The van der Waals surface area contributed by atoms with Gasteiger partial charge in [-0.05, 0) is 114 Å². The van der Waals surface area contributed by atoms with Crippen molar-refractivity contribution in [3.05, 3.63) is 224 Å². The molecule has 0 saturated heterocycles. The third-order valence-electron chi connectivity index (χ3n) is 11.7. The summed E-state index contributed by atoms with van der Waals surface area (Å²) >= 11 is 0.